The van der Waals surface area contributed by atoms with Crippen LogP contribution < -0.4 is 0 Å². The molecule has 0 bridgehead atoms. The van der Waals surface area contributed by atoms with E-state index in [1.807, 2.05) is 0 Å². The Morgan fingerprint density at radius 2 is 0.552 bits per heavy atom. The second-order valence-corrected chi connectivity index (χ2v) is 28.0. The van der Waals surface area contributed by atoms with Gasteiger partial charge in [0, 0.05) is 25.7 Å². The van der Waals surface area contributed by atoms with Crippen molar-refractivity contribution in [3.8, 4) is 0 Å². The highest BCUT2D eigenvalue weighted by atomic mass is 31.2. The molecule has 0 amide bonds. The molecule has 0 aromatic heterocycles. The number of unbranched alkanes of at least 4 members (excludes halogenated alkanes) is 35. The number of aliphatic hydroxyl groups is 1. The van der Waals surface area contributed by atoms with E-state index in [1.54, 1.807) is 0 Å². The van der Waals surface area contributed by atoms with Crippen LogP contribution in [0.15, 0.2) is 0 Å². The molecule has 0 rings (SSSR count). The fourth-order valence-electron chi connectivity index (χ4n) is 10.2. The van der Waals surface area contributed by atoms with Gasteiger partial charge in [0.1, 0.15) is 19.3 Å². The number of phosphoric acid groups is 2. The van der Waals surface area contributed by atoms with Crippen molar-refractivity contribution in [1.82, 2.24) is 0 Å². The number of phosphoric ester groups is 2. The summed E-state index contributed by atoms with van der Waals surface area (Å²) in [5, 5.41) is 10.5. The van der Waals surface area contributed by atoms with E-state index in [0.717, 1.165) is 108 Å². The quantitative estimate of drug-likeness (QED) is 0.0222. The summed E-state index contributed by atoms with van der Waals surface area (Å²) in [7, 11) is -9.88. The third kappa shape index (κ3) is 60.1. The SMILES string of the molecule is CCCCCCCCCCCCC(=O)O[C@H](COC(=O)CCCCCCC)COP(=O)(O)OC[C@H](O)COP(=O)(O)OC[C@@H](COC(=O)CCCCCCCCCCCCC(C)CC)OC(=O)CCCCCCCCCCCCCCCCC(C)CC. The number of esters is 4. The Bertz CT molecular complexity index is 1700. The van der Waals surface area contributed by atoms with E-state index in [2.05, 4.69) is 41.5 Å². The maximum absolute atomic E-state index is 13.0. The third-order valence-corrected chi connectivity index (χ3v) is 18.3. The van der Waals surface area contributed by atoms with Gasteiger partial charge in [-0.1, -0.05) is 292 Å². The van der Waals surface area contributed by atoms with E-state index in [1.165, 1.54) is 154 Å². The van der Waals surface area contributed by atoms with Crippen molar-refractivity contribution in [1.29, 1.82) is 0 Å². The molecule has 0 aromatic rings. The fraction of sp³-hybridized carbons (Fsp3) is 0.941. The molecule has 0 fully saturated rings. The Kier molecular flexibility index (Phi) is 59.0. The van der Waals surface area contributed by atoms with Crippen LogP contribution in [0, 0.1) is 11.8 Å². The Labute approximate surface area is 530 Å². The molecule has 3 N–H and O–H groups in total. The van der Waals surface area contributed by atoms with Crippen LogP contribution in [0.4, 0.5) is 0 Å². The van der Waals surface area contributed by atoms with E-state index in [4.69, 9.17) is 37.0 Å². The number of rotatable bonds is 67. The van der Waals surface area contributed by atoms with Crippen molar-refractivity contribution >= 4 is 39.5 Å². The first kappa shape index (κ1) is 85.1. The second-order valence-electron chi connectivity index (χ2n) is 25.0. The number of hydrogen-bond acceptors (Lipinski definition) is 15. The number of aliphatic hydroxyl groups excluding tert-OH is 1. The molecule has 19 heteroatoms. The van der Waals surface area contributed by atoms with Gasteiger partial charge >= 0.3 is 39.5 Å². The lowest BCUT2D eigenvalue weighted by Crippen LogP contribution is -2.30. The number of carbonyl (C=O) groups excluding carboxylic acids is 4. The Morgan fingerprint density at radius 3 is 0.816 bits per heavy atom. The lowest BCUT2D eigenvalue weighted by atomic mass is 9.99. The zero-order chi connectivity index (χ0) is 64.3. The first-order valence-electron chi connectivity index (χ1n) is 35.6. The number of carbonyl (C=O) groups is 4. The van der Waals surface area contributed by atoms with Crippen LogP contribution in [0.3, 0.4) is 0 Å². The van der Waals surface area contributed by atoms with Crippen molar-refractivity contribution in [3.05, 3.63) is 0 Å². The van der Waals surface area contributed by atoms with Gasteiger partial charge in [-0.3, -0.25) is 37.3 Å². The lowest BCUT2D eigenvalue weighted by Gasteiger charge is -2.21. The average molecular weight is 1280 g/mol. The van der Waals surface area contributed by atoms with Crippen molar-refractivity contribution in [2.24, 2.45) is 11.8 Å². The predicted molar refractivity (Wildman–Crippen MR) is 349 cm³/mol. The fourth-order valence-corrected chi connectivity index (χ4v) is 11.8. The molecular formula is C68H132O17P2. The minimum atomic E-state index is -4.95. The molecule has 7 atom stereocenters. The van der Waals surface area contributed by atoms with Crippen LogP contribution in [0.2, 0.25) is 0 Å². The van der Waals surface area contributed by atoms with Gasteiger partial charge in [0.25, 0.3) is 0 Å². The highest BCUT2D eigenvalue weighted by molar-refractivity contribution is 7.47. The van der Waals surface area contributed by atoms with E-state index >= 15 is 0 Å². The van der Waals surface area contributed by atoms with Gasteiger partial charge in [0.2, 0.25) is 0 Å². The molecule has 0 aliphatic rings. The number of ether oxygens (including phenoxy) is 4. The summed E-state index contributed by atoms with van der Waals surface area (Å²) in [4.78, 5) is 72.1. The molecule has 0 radical (unpaired) electrons. The van der Waals surface area contributed by atoms with Gasteiger partial charge < -0.3 is 33.8 Å². The molecule has 4 unspecified atom stereocenters. The third-order valence-electron chi connectivity index (χ3n) is 16.4. The average Bonchev–Trinajstić information content (AvgIpc) is 3.69. The van der Waals surface area contributed by atoms with Gasteiger partial charge in [-0.15, -0.1) is 0 Å². The summed E-state index contributed by atoms with van der Waals surface area (Å²) in [6, 6.07) is 0. The first-order valence-corrected chi connectivity index (χ1v) is 38.6. The molecule has 0 aliphatic heterocycles. The minimum Gasteiger partial charge on any atom is -0.462 e. The van der Waals surface area contributed by atoms with E-state index < -0.39 is 97.5 Å². The molecule has 0 saturated heterocycles. The topological polar surface area (TPSA) is 237 Å². The Hall–Kier alpha value is -1.94. The summed E-state index contributed by atoms with van der Waals surface area (Å²) in [5.41, 5.74) is 0. The van der Waals surface area contributed by atoms with Crippen LogP contribution in [0.25, 0.3) is 0 Å². The van der Waals surface area contributed by atoms with Crippen LogP contribution in [0.1, 0.15) is 343 Å². The molecule has 0 aromatic carbocycles. The zero-order valence-corrected chi connectivity index (χ0v) is 58.1. The van der Waals surface area contributed by atoms with Gasteiger partial charge in [-0.25, -0.2) is 9.13 Å². The van der Waals surface area contributed by atoms with Gasteiger partial charge in [-0.2, -0.15) is 0 Å². The van der Waals surface area contributed by atoms with E-state index in [0.29, 0.717) is 25.7 Å². The summed E-state index contributed by atoms with van der Waals surface area (Å²) in [6.45, 7) is 9.52. The highest BCUT2D eigenvalue weighted by Crippen LogP contribution is 2.45. The van der Waals surface area contributed by atoms with Crippen molar-refractivity contribution in [2.45, 2.75) is 362 Å². The first-order chi connectivity index (χ1) is 41.9. The van der Waals surface area contributed by atoms with Crippen molar-refractivity contribution < 1.29 is 80.2 Å². The molecule has 0 aliphatic carbocycles. The molecule has 0 saturated carbocycles. The maximum Gasteiger partial charge on any atom is 0.472 e. The van der Waals surface area contributed by atoms with Crippen molar-refractivity contribution in [3.63, 3.8) is 0 Å². The summed E-state index contributed by atoms with van der Waals surface area (Å²) < 4.78 is 68.0. The normalized spacial score (nSPS) is 14.8. The van der Waals surface area contributed by atoms with E-state index in [-0.39, 0.29) is 25.7 Å². The Balaban J connectivity index is 5.16. The van der Waals surface area contributed by atoms with Crippen molar-refractivity contribution in [2.75, 3.05) is 39.6 Å². The van der Waals surface area contributed by atoms with Crippen LogP contribution >= 0.6 is 15.6 Å². The maximum atomic E-state index is 13.0. The van der Waals surface area contributed by atoms with Crippen LogP contribution in [0.5, 0.6) is 0 Å². The summed E-state index contributed by atoms with van der Waals surface area (Å²) in [6.07, 6.45) is 44.6. The van der Waals surface area contributed by atoms with Gasteiger partial charge in [0.15, 0.2) is 12.2 Å². The van der Waals surface area contributed by atoms with Gasteiger partial charge in [0.05, 0.1) is 26.4 Å². The second kappa shape index (κ2) is 60.3. The smallest absolute Gasteiger partial charge is 0.462 e. The summed E-state index contributed by atoms with van der Waals surface area (Å²) in [5.74, 6) is -0.483. The molecular weight excluding hydrogens is 1150 g/mol. The number of hydrogen-bond donors (Lipinski definition) is 3. The standard InChI is InChI=1S/C68H132O17P2/c1-7-11-13-15-16-17-28-34-40-46-52-67(72)84-63(56-78-65(70)50-44-36-14-12-8-2)58-82-86(74,75)80-54-62(69)55-81-87(76,77)83-59-64(57-79-66(71)51-45-39-33-29-25-24-27-32-38-43-49-61(6)10-4)85-68(73)53-47-41-35-30-23-21-19-18-20-22-26-31-37-42-48-60(5)9-3/h60-64,69H,7-59H2,1-6H3,(H,74,75)(H,76,77)/t60?,61?,62-,63+,64+/m0/s1. The molecule has 516 valence electrons. The minimum absolute atomic E-state index is 0.105. The lowest BCUT2D eigenvalue weighted by molar-refractivity contribution is -0.161. The highest BCUT2D eigenvalue weighted by Gasteiger charge is 2.30. The monoisotopic (exact) mass is 1280 g/mol. The largest absolute Gasteiger partial charge is 0.472 e. The summed E-state index contributed by atoms with van der Waals surface area (Å²) >= 11 is 0. The van der Waals surface area contributed by atoms with E-state index in [9.17, 15) is 43.2 Å². The Morgan fingerprint density at radius 1 is 0.322 bits per heavy atom. The molecule has 17 nitrogen and oxygen atoms in total. The van der Waals surface area contributed by atoms with Crippen LogP contribution in [-0.4, -0.2) is 96.7 Å². The molecule has 0 heterocycles. The zero-order valence-electron chi connectivity index (χ0n) is 56.3. The van der Waals surface area contributed by atoms with Crippen LogP contribution in [-0.2, 0) is 65.4 Å². The molecule has 87 heavy (non-hydrogen) atoms. The predicted octanol–water partition coefficient (Wildman–Crippen LogP) is 19.2. The molecule has 0 spiro atoms. The van der Waals surface area contributed by atoms with Gasteiger partial charge in [-0.05, 0) is 37.5 Å².